The number of thioether (sulfide) groups is 1. The molecule has 4 rings (SSSR count). The summed E-state index contributed by atoms with van der Waals surface area (Å²) in [5.41, 5.74) is 1.98. The molecule has 0 saturated carbocycles. The summed E-state index contributed by atoms with van der Waals surface area (Å²) in [7, 11) is 0. The fraction of sp³-hybridized carbons (Fsp3) is 0.0526. The minimum atomic E-state index is -0.233. The van der Waals surface area contributed by atoms with Crippen molar-refractivity contribution in [1.82, 2.24) is 14.8 Å². The van der Waals surface area contributed by atoms with Crippen molar-refractivity contribution in [3.05, 3.63) is 82.4 Å². The zero-order chi connectivity index (χ0) is 17.9. The van der Waals surface area contributed by atoms with E-state index in [2.05, 4.69) is 10.2 Å². The van der Waals surface area contributed by atoms with Crippen LogP contribution in [0.1, 0.15) is 5.56 Å². The van der Waals surface area contributed by atoms with Crippen molar-refractivity contribution in [1.29, 1.82) is 0 Å². The monoisotopic (exact) mass is 401 g/mol. The number of aromatic nitrogens is 3. The summed E-state index contributed by atoms with van der Waals surface area (Å²) >= 11 is 9.21. The van der Waals surface area contributed by atoms with Crippen LogP contribution < -0.4 is 0 Å². The van der Waals surface area contributed by atoms with Crippen LogP contribution >= 0.6 is 34.7 Å². The van der Waals surface area contributed by atoms with E-state index in [-0.39, 0.29) is 5.82 Å². The molecule has 3 nitrogen and oxygen atoms in total. The first kappa shape index (κ1) is 17.3. The Morgan fingerprint density at radius 2 is 1.77 bits per heavy atom. The van der Waals surface area contributed by atoms with Gasteiger partial charge in [0.1, 0.15) is 5.82 Å². The summed E-state index contributed by atoms with van der Waals surface area (Å²) in [6.07, 6.45) is 0. The average Bonchev–Trinajstić information content (AvgIpc) is 3.31. The number of halogens is 2. The van der Waals surface area contributed by atoms with Crippen molar-refractivity contribution in [3.8, 4) is 16.4 Å². The first-order chi connectivity index (χ1) is 12.7. The molecule has 0 radical (unpaired) electrons. The molecule has 0 unspecified atom stereocenters. The lowest BCUT2D eigenvalue weighted by Gasteiger charge is -2.09. The molecule has 0 aliphatic heterocycles. The fourth-order valence-corrected chi connectivity index (χ4v) is 4.21. The predicted octanol–water partition coefficient (Wildman–Crippen LogP) is 6.08. The molecule has 0 atom stereocenters. The van der Waals surface area contributed by atoms with Crippen LogP contribution in [0.25, 0.3) is 16.4 Å². The molecule has 2 heterocycles. The Balaban J connectivity index is 1.70. The Labute approximate surface area is 163 Å². The molecule has 0 spiro atoms. The highest BCUT2D eigenvalue weighted by molar-refractivity contribution is 7.98. The molecule has 0 fully saturated rings. The number of nitrogens with zero attached hydrogens (tertiary/aromatic N) is 3. The number of rotatable bonds is 5. The van der Waals surface area contributed by atoms with Crippen molar-refractivity contribution < 1.29 is 4.39 Å². The van der Waals surface area contributed by atoms with Crippen molar-refractivity contribution in [2.24, 2.45) is 0 Å². The Morgan fingerprint density at radius 1 is 1.00 bits per heavy atom. The lowest BCUT2D eigenvalue weighted by atomic mass is 10.2. The lowest BCUT2D eigenvalue weighted by Crippen LogP contribution is -1.99. The highest BCUT2D eigenvalue weighted by atomic mass is 35.5. The van der Waals surface area contributed by atoms with E-state index in [0.717, 1.165) is 27.1 Å². The van der Waals surface area contributed by atoms with E-state index in [1.165, 1.54) is 12.1 Å². The summed E-state index contributed by atoms with van der Waals surface area (Å²) in [5, 5.41) is 12.2. The molecule has 7 heteroatoms. The predicted molar refractivity (Wildman–Crippen MR) is 106 cm³/mol. The molecule has 0 N–H and O–H groups in total. The molecule has 4 aromatic rings. The average molecular weight is 402 g/mol. The molecule has 130 valence electrons. The van der Waals surface area contributed by atoms with Gasteiger partial charge in [-0.1, -0.05) is 41.6 Å². The van der Waals surface area contributed by atoms with Crippen LogP contribution in [0.15, 0.2) is 71.2 Å². The van der Waals surface area contributed by atoms with Crippen LogP contribution in [0.3, 0.4) is 0 Å². The Bertz CT molecular complexity index is 996. The van der Waals surface area contributed by atoms with Gasteiger partial charge in [0.25, 0.3) is 0 Å². The maximum absolute atomic E-state index is 13.1. The molecule has 2 aromatic carbocycles. The van der Waals surface area contributed by atoms with Crippen LogP contribution in [0.4, 0.5) is 4.39 Å². The Morgan fingerprint density at radius 3 is 2.46 bits per heavy atom. The molecule has 0 amide bonds. The molecular formula is C19H13ClFN3S2. The van der Waals surface area contributed by atoms with Gasteiger partial charge < -0.3 is 0 Å². The third kappa shape index (κ3) is 3.67. The lowest BCUT2D eigenvalue weighted by molar-refractivity contribution is 0.627. The van der Waals surface area contributed by atoms with Gasteiger partial charge in [0.2, 0.25) is 0 Å². The van der Waals surface area contributed by atoms with Gasteiger partial charge >= 0.3 is 0 Å². The zero-order valence-electron chi connectivity index (χ0n) is 13.5. The van der Waals surface area contributed by atoms with Gasteiger partial charge in [-0.25, -0.2) is 4.39 Å². The van der Waals surface area contributed by atoms with Gasteiger partial charge in [-0.05, 0) is 53.4 Å². The first-order valence-electron chi connectivity index (χ1n) is 7.83. The van der Waals surface area contributed by atoms with Crippen molar-refractivity contribution in [2.45, 2.75) is 10.9 Å². The second-order valence-electron chi connectivity index (χ2n) is 5.51. The van der Waals surface area contributed by atoms with Crippen LogP contribution in [-0.2, 0) is 5.75 Å². The topological polar surface area (TPSA) is 30.7 Å². The van der Waals surface area contributed by atoms with Gasteiger partial charge in [0, 0.05) is 16.5 Å². The molecule has 2 aromatic heterocycles. The number of hydrogen-bond acceptors (Lipinski definition) is 4. The van der Waals surface area contributed by atoms with Gasteiger partial charge in [-0.15, -0.1) is 21.5 Å². The number of thiophene rings is 1. The van der Waals surface area contributed by atoms with E-state index in [4.69, 9.17) is 11.6 Å². The summed E-state index contributed by atoms with van der Waals surface area (Å²) in [4.78, 5) is 1.04. The van der Waals surface area contributed by atoms with Crippen LogP contribution in [0, 0.1) is 5.82 Å². The largest absolute Gasteiger partial charge is 0.269 e. The Kier molecular flexibility index (Phi) is 5.06. The van der Waals surface area contributed by atoms with Crippen molar-refractivity contribution >= 4 is 34.7 Å². The van der Waals surface area contributed by atoms with Crippen molar-refractivity contribution in [2.75, 3.05) is 0 Å². The van der Waals surface area contributed by atoms with Gasteiger partial charge in [0.05, 0.1) is 4.88 Å². The highest BCUT2D eigenvalue weighted by Gasteiger charge is 2.17. The normalized spacial score (nSPS) is 11.0. The third-order valence-electron chi connectivity index (χ3n) is 3.74. The van der Waals surface area contributed by atoms with Crippen LogP contribution in [0.5, 0.6) is 0 Å². The van der Waals surface area contributed by atoms with E-state index in [1.54, 1.807) is 35.2 Å². The summed E-state index contributed by atoms with van der Waals surface area (Å²) in [6.45, 7) is 0. The van der Waals surface area contributed by atoms with E-state index < -0.39 is 0 Å². The van der Waals surface area contributed by atoms with E-state index in [9.17, 15) is 4.39 Å². The van der Waals surface area contributed by atoms with Gasteiger partial charge in [-0.2, -0.15) is 0 Å². The minimum Gasteiger partial charge on any atom is -0.269 e. The van der Waals surface area contributed by atoms with Gasteiger partial charge in [-0.3, -0.25) is 4.57 Å². The fourth-order valence-electron chi connectivity index (χ4n) is 2.48. The molecule has 0 bridgehead atoms. The second kappa shape index (κ2) is 7.61. The second-order valence-corrected chi connectivity index (χ2v) is 7.84. The van der Waals surface area contributed by atoms with E-state index in [0.29, 0.717) is 10.8 Å². The maximum atomic E-state index is 13.1. The molecule has 26 heavy (non-hydrogen) atoms. The molecule has 0 aliphatic rings. The number of benzene rings is 2. The quantitative estimate of drug-likeness (QED) is 0.379. The highest BCUT2D eigenvalue weighted by Crippen LogP contribution is 2.32. The van der Waals surface area contributed by atoms with Gasteiger partial charge in [0.15, 0.2) is 11.0 Å². The standard InChI is InChI=1S/C19H13ClFN3S2/c20-14-5-9-16(10-6-14)24-18(17-2-1-11-25-17)22-23-19(24)26-12-13-3-7-15(21)8-4-13/h1-11H,12H2. The smallest absolute Gasteiger partial charge is 0.196 e. The summed E-state index contributed by atoms with van der Waals surface area (Å²) in [6, 6.07) is 18.1. The molecule has 0 aliphatic carbocycles. The zero-order valence-corrected chi connectivity index (χ0v) is 15.9. The number of hydrogen-bond donors (Lipinski definition) is 0. The van der Waals surface area contributed by atoms with Crippen LogP contribution in [0.2, 0.25) is 5.02 Å². The SMILES string of the molecule is Fc1ccc(CSc2nnc(-c3cccs3)n2-c2ccc(Cl)cc2)cc1. The molecular weight excluding hydrogens is 389 g/mol. The molecule has 0 saturated heterocycles. The summed E-state index contributed by atoms with van der Waals surface area (Å²) in [5.74, 6) is 1.24. The van der Waals surface area contributed by atoms with E-state index >= 15 is 0 Å². The van der Waals surface area contributed by atoms with E-state index in [1.807, 2.05) is 46.3 Å². The van der Waals surface area contributed by atoms with Crippen LogP contribution in [-0.4, -0.2) is 14.8 Å². The van der Waals surface area contributed by atoms with Crippen molar-refractivity contribution in [3.63, 3.8) is 0 Å². The first-order valence-corrected chi connectivity index (χ1v) is 10.1. The summed E-state index contributed by atoms with van der Waals surface area (Å²) < 4.78 is 15.1. The minimum absolute atomic E-state index is 0.233. The Hall–Kier alpha value is -2.15. The third-order valence-corrected chi connectivity index (χ3v) is 5.86. The maximum Gasteiger partial charge on any atom is 0.196 e.